The highest BCUT2D eigenvalue weighted by atomic mass is 32.2. The van der Waals surface area contributed by atoms with E-state index in [2.05, 4.69) is 4.74 Å². The zero-order valence-electron chi connectivity index (χ0n) is 15.0. The molecule has 0 fully saturated rings. The van der Waals surface area contributed by atoms with Crippen molar-refractivity contribution in [1.29, 1.82) is 0 Å². The number of esters is 1. The Hall–Kier alpha value is -3.12. The molecule has 0 aliphatic carbocycles. The van der Waals surface area contributed by atoms with Gasteiger partial charge in [-0.1, -0.05) is 42.5 Å². The van der Waals surface area contributed by atoms with Crippen LogP contribution >= 0.6 is 0 Å². The first-order valence-corrected chi connectivity index (χ1v) is 9.70. The number of benzene rings is 3. The average Bonchev–Trinajstić information content (AvgIpc) is 2.73. The molecule has 0 unspecified atom stereocenters. The van der Waals surface area contributed by atoms with Gasteiger partial charge in [0.05, 0.1) is 23.3 Å². The third-order valence-electron chi connectivity index (χ3n) is 4.27. The van der Waals surface area contributed by atoms with Crippen LogP contribution in [0.1, 0.15) is 10.4 Å². The Labute approximate surface area is 158 Å². The summed E-state index contributed by atoms with van der Waals surface area (Å²) in [5, 5.41) is 0. The minimum absolute atomic E-state index is 0.196. The molecule has 0 aliphatic rings. The molecule has 138 valence electrons. The molecule has 27 heavy (non-hydrogen) atoms. The third kappa shape index (κ3) is 3.85. The molecule has 0 saturated heterocycles. The summed E-state index contributed by atoms with van der Waals surface area (Å²) in [6.45, 7) is 0. The van der Waals surface area contributed by atoms with Gasteiger partial charge in [-0.3, -0.25) is 4.31 Å². The van der Waals surface area contributed by atoms with Gasteiger partial charge in [0.1, 0.15) is 0 Å². The summed E-state index contributed by atoms with van der Waals surface area (Å²) in [6.07, 6.45) is 0. The van der Waals surface area contributed by atoms with Crippen LogP contribution in [0, 0.1) is 0 Å². The Morgan fingerprint density at radius 3 is 1.93 bits per heavy atom. The summed E-state index contributed by atoms with van der Waals surface area (Å²) in [5.41, 5.74) is 2.78. The summed E-state index contributed by atoms with van der Waals surface area (Å²) in [4.78, 5) is 11.7. The lowest BCUT2D eigenvalue weighted by Gasteiger charge is -2.20. The molecular formula is C21H19NO4S. The highest BCUT2D eigenvalue weighted by molar-refractivity contribution is 7.92. The molecule has 0 aromatic heterocycles. The van der Waals surface area contributed by atoms with Crippen LogP contribution in [-0.2, 0) is 14.8 Å². The van der Waals surface area contributed by atoms with Crippen LogP contribution in [0.4, 0.5) is 5.69 Å². The maximum atomic E-state index is 12.9. The van der Waals surface area contributed by atoms with Gasteiger partial charge in [0, 0.05) is 7.05 Å². The number of sulfonamides is 1. The van der Waals surface area contributed by atoms with Gasteiger partial charge in [-0.2, -0.15) is 0 Å². The Balaban J connectivity index is 1.86. The maximum Gasteiger partial charge on any atom is 0.337 e. The summed E-state index contributed by atoms with van der Waals surface area (Å²) in [6, 6.07) is 22.7. The quantitative estimate of drug-likeness (QED) is 0.628. The number of methoxy groups -OCH3 is 1. The number of rotatable bonds is 5. The van der Waals surface area contributed by atoms with Gasteiger partial charge < -0.3 is 4.74 Å². The summed E-state index contributed by atoms with van der Waals surface area (Å²) < 4.78 is 31.6. The monoisotopic (exact) mass is 381 g/mol. The van der Waals surface area contributed by atoms with E-state index in [9.17, 15) is 13.2 Å². The molecule has 0 amide bonds. The fourth-order valence-electron chi connectivity index (χ4n) is 2.67. The molecule has 3 aromatic carbocycles. The molecule has 0 atom stereocenters. The van der Waals surface area contributed by atoms with E-state index >= 15 is 0 Å². The van der Waals surface area contributed by atoms with Gasteiger partial charge in [-0.05, 0) is 47.5 Å². The SMILES string of the molecule is COC(=O)c1ccc(N(C)S(=O)(=O)c2ccc(-c3ccccc3)cc2)cc1. The van der Waals surface area contributed by atoms with Gasteiger partial charge in [-0.25, -0.2) is 13.2 Å². The van der Waals surface area contributed by atoms with Crippen molar-refractivity contribution in [2.75, 3.05) is 18.5 Å². The molecule has 6 heteroatoms. The van der Waals surface area contributed by atoms with Crippen LogP contribution < -0.4 is 4.31 Å². The van der Waals surface area contributed by atoms with Gasteiger partial charge >= 0.3 is 5.97 Å². The van der Waals surface area contributed by atoms with Gasteiger partial charge in [0.15, 0.2) is 0 Å². The first-order chi connectivity index (χ1) is 12.9. The Morgan fingerprint density at radius 1 is 0.815 bits per heavy atom. The Bertz CT molecular complexity index is 1030. The second-order valence-electron chi connectivity index (χ2n) is 5.90. The first-order valence-electron chi connectivity index (χ1n) is 8.26. The van der Waals surface area contributed by atoms with Crippen LogP contribution in [0.2, 0.25) is 0 Å². The van der Waals surface area contributed by atoms with Crippen LogP contribution in [0.15, 0.2) is 83.8 Å². The number of carbonyl (C=O) groups excluding carboxylic acids is 1. The summed E-state index contributed by atoms with van der Waals surface area (Å²) >= 11 is 0. The van der Waals surface area contributed by atoms with E-state index in [4.69, 9.17) is 0 Å². The van der Waals surface area contributed by atoms with Crippen LogP contribution in [0.3, 0.4) is 0 Å². The predicted molar refractivity (Wildman–Crippen MR) is 105 cm³/mol. The number of hydrogen-bond donors (Lipinski definition) is 0. The first kappa shape index (κ1) is 18.7. The van der Waals surface area contributed by atoms with E-state index in [1.165, 1.54) is 30.6 Å². The van der Waals surface area contributed by atoms with Crippen LogP contribution in [0.5, 0.6) is 0 Å². The fraction of sp³-hybridized carbons (Fsp3) is 0.0952. The zero-order chi connectivity index (χ0) is 19.4. The Morgan fingerprint density at radius 2 is 1.37 bits per heavy atom. The molecular weight excluding hydrogens is 362 g/mol. The van der Waals surface area contributed by atoms with Crippen molar-refractivity contribution >= 4 is 21.7 Å². The summed E-state index contributed by atoms with van der Waals surface area (Å²) in [5.74, 6) is -0.469. The molecule has 0 aliphatic heterocycles. The van der Waals surface area contributed by atoms with Crippen LogP contribution in [0.25, 0.3) is 11.1 Å². The lowest BCUT2D eigenvalue weighted by Crippen LogP contribution is -2.26. The predicted octanol–water partition coefficient (Wildman–Crippen LogP) is 3.97. The Kier molecular flexibility index (Phi) is 5.28. The highest BCUT2D eigenvalue weighted by Crippen LogP contribution is 2.25. The average molecular weight is 381 g/mol. The smallest absolute Gasteiger partial charge is 0.337 e. The second-order valence-corrected chi connectivity index (χ2v) is 7.87. The third-order valence-corrected chi connectivity index (χ3v) is 6.07. The molecule has 0 spiro atoms. The van der Waals surface area contributed by atoms with Gasteiger partial charge in [0.2, 0.25) is 0 Å². The van der Waals surface area contributed by atoms with Crippen molar-refractivity contribution in [2.24, 2.45) is 0 Å². The number of nitrogens with zero attached hydrogens (tertiary/aromatic N) is 1. The van der Waals surface area contributed by atoms with Crippen LogP contribution in [-0.4, -0.2) is 28.5 Å². The topological polar surface area (TPSA) is 63.7 Å². The van der Waals surface area contributed by atoms with Crippen molar-refractivity contribution in [3.05, 3.63) is 84.4 Å². The maximum absolute atomic E-state index is 12.9. The van der Waals surface area contributed by atoms with E-state index in [1.54, 1.807) is 36.4 Å². The minimum atomic E-state index is -3.71. The molecule has 0 N–H and O–H groups in total. The van der Waals surface area contributed by atoms with Crippen molar-refractivity contribution < 1.29 is 17.9 Å². The molecule has 0 bridgehead atoms. The molecule has 0 radical (unpaired) electrons. The van der Waals surface area contributed by atoms with E-state index < -0.39 is 16.0 Å². The minimum Gasteiger partial charge on any atom is -0.465 e. The van der Waals surface area contributed by atoms with E-state index in [0.717, 1.165) is 11.1 Å². The van der Waals surface area contributed by atoms with E-state index in [-0.39, 0.29) is 4.90 Å². The normalized spacial score (nSPS) is 11.0. The van der Waals surface area contributed by atoms with Crippen molar-refractivity contribution in [3.63, 3.8) is 0 Å². The standard InChI is InChI=1S/C21H19NO4S/c1-22(19-12-8-18(9-13-19)21(23)26-2)27(24,25)20-14-10-17(11-15-20)16-6-4-3-5-7-16/h3-15H,1-2H3. The van der Waals surface area contributed by atoms with Gasteiger partial charge in [0.25, 0.3) is 10.0 Å². The molecule has 3 aromatic rings. The largest absolute Gasteiger partial charge is 0.465 e. The molecule has 3 rings (SSSR count). The fourth-order valence-corrected chi connectivity index (χ4v) is 3.87. The van der Waals surface area contributed by atoms with E-state index in [1.807, 2.05) is 30.3 Å². The molecule has 0 saturated carbocycles. The lowest BCUT2D eigenvalue weighted by atomic mass is 10.1. The number of hydrogen-bond acceptors (Lipinski definition) is 4. The zero-order valence-corrected chi connectivity index (χ0v) is 15.8. The van der Waals surface area contributed by atoms with E-state index in [0.29, 0.717) is 11.3 Å². The highest BCUT2D eigenvalue weighted by Gasteiger charge is 2.21. The van der Waals surface area contributed by atoms with Crippen molar-refractivity contribution in [1.82, 2.24) is 0 Å². The molecule has 0 heterocycles. The van der Waals surface area contributed by atoms with Crippen molar-refractivity contribution in [3.8, 4) is 11.1 Å². The lowest BCUT2D eigenvalue weighted by molar-refractivity contribution is 0.0601. The molecule has 5 nitrogen and oxygen atoms in total. The number of carbonyl (C=O) groups is 1. The second kappa shape index (κ2) is 7.63. The van der Waals surface area contributed by atoms with Gasteiger partial charge in [-0.15, -0.1) is 0 Å². The van der Waals surface area contributed by atoms with Crippen molar-refractivity contribution in [2.45, 2.75) is 4.90 Å². The summed E-state index contributed by atoms with van der Waals surface area (Å²) in [7, 11) is -0.935. The number of anilines is 1. The number of ether oxygens (including phenoxy) is 1.